The molecule has 0 radical (unpaired) electrons. The highest BCUT2D eigenvalue weighted by atomic mass is 32.2. The lowest BCUT2D eigenvalue weighted by atomic mass is 10.2. The van der Waals surface area contributed by atoms with Crippen LogP contribution < -0.4 is 5.32 Å². The van der Waals surface area contributed by atoms with E-state index < -0.39 is 23.4 Å². The van der Waals surface area contributed by atoms with Crippen molar-refractivity contribution in [3.05, 3.63) is 47.5 Å². The lowest BCUT2D eigenvalue weighted by Crippen LogP contribution is -2.07. The Kier molecular flexibility index (Phi) is 4.36. The first kappa shape index (κ1) is 15.6. The summed E-state index contributed by atoms with van der Waals surface area (Å²) in [5.41, 5.74) is -0.869. The van der Waals surface area contributed by atoms with Crippen LogP contribution in [0.15, 0.2) is 40.3 Å². The van der Waals surface area contributed by atoms with Gasteiger partial charge >= 0.3 is 6.18 Å². The number of benzene rings is 1. The second-order valence-corrected chi connectivity index (χ2v) is 5.10. The van der Waals surface area contributed by atoms with Crippen molar-refractivity contribution in [2.45, 2.75) is 16.1 Å². The van der Waals surface area contributed by atoms with Gasteiger partial charge in [-0.25, -0.2) is 13.8 Å². The largest absolute Gasteiger partial charge is 0.416 e. The van der Waals surface area contributed by atoms with Crippen LogP contribution in [-0.4, -0.2) is 12.0 Å². The van der Waals surface area contributed by atoms with Gasteiger partial charge in [-0.15, -0.1) is 0 Å². The standard InChI is InChI=1S/C13H9F5N2S/c1-19-11-4-7(13(16,17)18)5-12(20-11)21-8-2-3-9(14)10(15)6-8/h2-6H,1H3,(H,19,20). The van der Waals surface area contributed by atoms with Crippen molar-refractivity contribution in [3.63, 3.8) is 0 Å². The maximum Gasteiger partial charge on any atom is 0.416 e. The number of pyridine rings is 1. The van der Waals surface area contributed by atoms with Gasteiger partial charge in [0.05, 0.1) is 5.56 Å². The topological polar surface area (TPSA) is 24.9 Å². The monoisotopic (exact) mass is 320 g/mol. The lowest BCUT2D eigenvalue weighted by molar-refractivity contribution is -0.137. The summed E-state index contributed by atoms with van der Waals surface area (Å²) < 4.78 is 64.2. The van der Waals surface area contributed by atoms with Gasteiger partial charge in [-0.05, 0) is 30.3 Å². The predicted octanol–water partition coefficient (Wildman–Crippen LogP) is 4.57. The summed E-state index contributed by atoms with van der Waals surface area (Å²) in [5.74, 6) is -2.05. The molecule has 0 fully saturated rings. The Balaban J connectivity index is 2.36. The molecule has 1 aromatic heterocycles. The molecule has 0 atom stereocenters. The molecular weight excluding hydrogens is 311 g/mol. The number of aromatic nitrogens is 1. The van der Waals surface area contributed by atoms with Crippen molar-refractivity contribution in [2.24, 2.45) is 0 Å². The Bertz CT molecular complexity index is 657. The molecule has 0 bridgehead atoms. The van der Waals surface area contributed by atoms with Crippen LogP contribution in [0.25, 0.3) is 0 Å². The van der Waals surface area contributed by atoms with Crippen molar-refractivity contribution < 1.29 is 22.0 Å². The van der Waals surface area contributed by atoms with Gasteiger partial charge in [0.1, 0.15) is 10.8 Å². The molecule has 0 amide bonds. The number of alkyl halides is 3. The van der Waals surface area contributed by atoms with E-state index in [2.05, 4.69) is 10.3 Å². The third-order valence-corrected chi connectivity index (χ3v) is 3.41. The van der Waals surface area contributed by atoms with Crippen molar-refractivity contribution in [3.8, 4) is 0 Å². The van der Waals surface area contributed by atoms with Crippen LogP contribution in [0.1, 0.15) is 5.56 Å². The van der Waals surface area contributed by atoms with Gasteiger partial charge in [0.25, 0.3) is 0 Å². The lowest BCUT2D eigenvalue weighted by Gasteiger charge is -2.11. The summed E-state index contributed by atoms with van der Waals surface area (Å²) >= 11 is 0.812. The first-order valence-corrected chi connectivity index (χ1v) is 6.51. The number of rotatable bonds is 3. The van der Waals surface area contributed by atoms with E-state index >= 15 is 0 Å². The molecule has 1 heterocycles. The molecule has 2 rings (SSSR count). The molecule has 1 aromatic carbocycles. The fourth-order valence-corrected chi connectivity index (χ4v) is 2.38. The second-order valence-electron chi connectivity index (χ2n) is 4.01. The molecule has 112 valence electrons. The summed E-state index contributed by atoms with van der Waals surface area (Å²) in [6.07, 6.45) is -4.52. The Labute approximate surface area is 121 Å². The van der Waals surface area contributed by atoms with Gasteiger partial charge in [0.15, 0.2) is 11.6 Å². The maximum atomic E-state index is 13.1. The van der Waals surface area contributed by atoms with Crippen molar-refractivity contribution in [2.75, 3.05) is 12.4 Å². The fraction of sp³-hybridized carbons (Fsp3) is 0.154. The first-order valence-electron chi connectivity index (χ1n) is 5.69. The molecule has 0 spiro atoms. The zero-order valence-corrected chi connectivity index (χ0v) is 11.4. The Morgan fingerprint density at radius 1 is 1.05 bits per heavy atom. The Morgan fingerprint density at radius 3 is 2.33 bits per heavy atom. The summed E-state index contributed by atoms with van der Waals surface area (Å²) in [6, 6.07) is 4.80. The van der Waals surface area contributed by atoms with Crippen LogP contribution in [0, 0.1) is 11.6 Å². The maximum absolute atomic E-state index is 13.1. The molecule has 1 N–H and O–H groups in total. The number of nitrogens with one attached hydrogen (secondary N) is 1. The van der Waals surface area contributed by atoms with E-state index in [1.165, 1.54) is 13.1 Å². The smallest absolute Gasteiger partial charge is 0.373 e. The molecule has 0 aliphatic carbocycles. The van der Waals surface area contributed by atoms with E-state index in [0.717, 1.165) is 36.0 Å². The molecule has 0 saturated heterocycles. The number of anilines is 1. The van der Waals surface area contributed by atoms with Crippen molar-refractivity contribution in [1.82, 2.24) is 4.98 Å². The van der Waals surface area contributed by atoms with Crippen LogP contribution in [-0.2, 0) is 6.18 Å². The SMILES string of the molecule is CNc1cc(C(F)(F)F)cc(Sc2ccc(F)c(F)c2)n1. The Morgan fingerprint density at radius 2 is 1.76 bits per heavy atom. The molecule has 0 unspecified atom stereocenters. The molecule has 21 heavy (non-hydrogen) atoms. The zero-order valence-electron chi connectivity index (χ0n) is 10.6. The van der Waals surface area contributed by atoms with E-state index in [9.17, 15) is 22.0 Å². The van der Waals surface area contributed by atoms with Crippen LogP contribution in [0.2, 0.25) is 0 Å². The average molecular weight is 320 g/mol. The number of nitrogens with zero attached hydrogens (tertiary/aromatic N) is 1. The molecule has 0 aliphatic rings. The van der Waals surface area contributed by atoms with Crippen molar-refractivity contribution >= 4 is 17.6 Å². The highest BCUT2D eigenvalue weighted by Crippen LogP contribution is 2.35. The minimum Gasteiger partial charge on any atom is -0.373 e. The highest BCUT2D eigenvalue weighted by molar-refractivity contribution is 7.99. The van der Waals surface area contributed by atoms with E-state index in [1.807, 2.05) is 0 Å². The van der Waals surface area contributed by atoms with Gasteiger partial charge in [0, 0.05) is 11.9 Å². The minimum atomic E-state index is -4.52. The van der Waals surface area contributed by atoms with Crippen LogP contribution in [0.5, 0.6) is 0 Å². The zero-order chi connectivity index (χ0) is 15.6. The van der Waals surface area contributed by atoms with Gasteiger partial charge in [-0.2, -0.15) is 13.2 Å². The highest BCUT2D eigenvalue weighted by Gasteiger charge is 2.31. The van der Waals surface area contributed by atoms with Crippen LogP contribution >= 0.6 is 11.8 Å². The normalized spacial score (nSPS) is 11.5. The summed E-state index contributed by atoms with van der Waals surface area (Å²) in [7, 11) is 1.44. The number of halogens is 5. The molecule has 0 aliphatic heterocycles. The summed E-state index contributed by atoms with van der Waals surface area (Å²) in [4.78, 5) is 4.20. The minimum absolute atomic E-state index is 0.0279. The average Bonchev–Trinajstić information content (AvgIpc) is 2.41. The van der Waals surface area contributed by atoms with E-state index in [-0.39, 0.29) is 15.7 Å². The summed E-state index contributed by atoms with van der Waals surface area (Å²) in [5, 5.41) is 2.56. The van der Waals surface area contributed by atoms with Gasteiger partial charge in [-0.1, -0.05) is 11.8 Å². The number of hydrogen-bond acceptors (Lipinski definition) is 3. The third-order valence-electron chi connectivity index (χ3n) is 2.50. The van der Waals surface area contributed by atoms with Crippen LogP contribution in [0.4, 0.5) is 27.8 Å². The fourth-order valence-electron chi connectivity index (χ4n) is 1.51. The van der Waals surface area contributed by atoms with Gasteiger partial charge in [0.2, 0.25) is 0 Å². The summed E-state index contributed by atoms with van der Waals surface area (Å²) in [6.45, 7) is 0. The van der Waals surface area contributed by atoms with E-state index in [1.54, 1.807) is 0 Å². The van der Waals surface area contributed by atoms with Gasteiger partial charge in [-0.3, -0.25) is 0 Å². The molecule has 0 saturated carbocycles. The molecule has 8 heteroatoms. The molecule has 2 aromatic rings. The predicted molar refractivity (Wildman–Crippen MR) is 69.3 cm³/mol. The number of hydrogen-bond donors (Lipinski definition) is 1. The van der Waals surface area contributed by atoms with Gasteiger partial charge < -0.3 is 5.32 Å². The van der Waals surface area contributed by atoms with E-state index in [4.69, 9.17) is 0 Å². The third kappa shape index (κ3) is 3.84. The second kappa shape index (κ2) is 5.88. The van der Waals surface area contributed by atoms with E-state index in [0.29, 0.717) is 0 Å². The molecular formula is C13H9F5N2S. The first-order chi connectivity index (χ1) is 9.79. The Hall–Kier alpha value is -1.83. The van der Waals surface area contributed by atoms with Crippen molar-refractivity contribution in [1.29, 1.82) is 0 Å². The molecule has 2 nitrogen and oxygen atoms in total. The quantitative estimate of drug-likeness (QED) is 0.839. The van der Waals surface area contributed by atoms with Crippen LogP contribution in [0.3, 0.4) is 0 Å².